The second-order valence-corrected chi connectivity index (χ2v) is 7.18. The molecule has 0 spiro atoms. The summed E-state index contributed by atoms with van der Waals surface area (Å²) in [6.07, 6.45) is 0. The molecule has 2 aromatic rings. The monoisotopic (exact) mass is 308 g/mol. The zero-order valence-corrected chi connectivity index (χ0v) is 13.3. The number of benzene rings is 1. The number of furan rings is 1. The topological polar surface area (TPSA) is 62.6 Å². The Morgan fingerprint density at radius 2 is 1.90 bits per heavy atom. The molecule has 1 N–H and O–H groups in total. The van der Waals surface area contributed by atoms with E-state index in [1.807, 2.05) is 12.1 Å². The Labute approximate surface area is 125 Å². The lowest BCUT2D eigenvalue weighted by molar-refractivity contribution is 0.389. The van der Waals surface area contributed by atoms with Crippen LogP contribution in [0.5, 0.6) is 0 Å². The molecule has 1 heterocycles. The largest absolute Gasteiger partial charge is 0.447 e. The molecule has 0 saturated heterocycles. The zero-order chi connectivity index (χ0) is 15.5. The molecule has 6 heteroatoms. The number of aryl methyl sites for hydroxylation is 1. The molecule has 21 heavy (non-hydrogen) atoms. The highest BCUT2D eigenvalue weighted by molar-refractivity contribution is 7.88. The summed E-state index contributed by atoms with van der Waals surface area (Å²) in [6.45, 7) is 3.24. The molecular formula is C15H20N2O3S. The zero-order valence-electron chi connectivity index (χ0n) is 12.5. The van der Waals surface area contributed by atoms with E-state index in [1.54, 1.807) is 6.07 Å². The molecule has 0 atom stereocenters. The summed E-state index contributed by atoms with van der Waals surface area (Å²) in [5.41, 5.74) is 2.40. The Hall–Kier alpha value is -1.63. The first kappa shape index (κ1) is 15.8. The molecule has 0 fully saturated rings. The second kappa shape index (κ2) is 6.43. The first-order valence-electron chi connectivity index (χ1n) is 6.67. The van der Waals surface area contributed by atoms with Gasteiger partial charge in [-0.05, 0) is 24.6 Å². The highest BCUT2D eigenvalue weighted by atomic mass is 32.2. The van der Waals surface area contributed by atoms with E-state index in [0.717, 1.165) is 4.31 Å². The Kier molecular flexibility index (Phi) is 4.82. The molecule has 0 saturated carbocycles. The van der Waals surface area contributed by atoms with Crippen LogP contribution in [0.4, 0.5) is 0 Å². The third-order valence-electron chi connectivity index (χ3n) is 3.08. The van der Waals surface area contributed by atoms with Gasteiger partial charge in [0.2, 0.25) is 5.09 Å². The molecule has 0 aliphatic carbocycles. The van der Waals surface area contributed by atoms with Gasteiger partial charge in [0.05, 0.1) is 6.54 Å². The lowest BCUT2D eigenvalue weighted by Gasteiger charge is -2.08. The summed E-state index contributed by atoms with van der Waals surface area (Å²) in [6, 6.07) is 11.4. The molecule has 0 bridgehead atoms. The van der Waals surface area contributed by atoms with Crippen LogP contribution in [0, 0.1) is 6.92 Å². The Morgan fingerprint density at radius 1 is 1.14 bits per heavy atom. The van der Waals surface area contributed by atoms with Crippen molar-refractivity contribution in [1.29, 1.82) is 0 Å². The van der Waals surface area contributed by atoms with Crippen LogP contribution in [0.1, 0.15) is 16.9 Å². The smallest absolute Gasteiger partial charge is 0.275 e. The summed E-state index contributed by atoms with van der Waals surface area (Å²) < 4.78 is 30.3. The van der Waals surface area contributed by atoms with Gasteiger partial charge in [0, 0.05) is 20.6 Å². The van der Waals surface area contributed by atoms with Crippen molar-refractivity contribution in [1.82, 2.24) is 9.62 Å². The minimum Gasteiger partial charge on any atom is -0.447 e. The van der Waals surface area contributed by atoms with Gasteiger partial charge in [-0.15, -0.1) is 0 Å². The Morgan fingerprint density at radius 3 is 2.57 bits per heavy atom. The molecule has 0 amide bonds. The molecule has 1 aromatic carbocycles. The molecule has 2 rings (SSSR count). The van der Waals surface area contributed by atoms with E-state index in [1.165, 1.54) is 31.3 Å². The molecular weight excluding hydrogens is 288 g/mol. The molecule has 5 nitrogen and oxygen atoms in total. The van der Waals surface area contributed by atoms with Crippen LogP contribution in [0.2, 0.25) is 0 Å². The fourth-order valence-corrected chi connectivity index (χ4v) is 2.74. The van der Waals surface area contributed by atoms with Crippen LogP contribution in [0.15, 0.2) is 45.9 Å². The lowest BCUT2D eigenvalue weighted by atomic mass is 10.1. The van der Waals surface area contributed by atoms with Gasteiger partial charge in [-0.1, -0.05) is 29.8 Å². The minimum atomic E-state index is -3.50. The quantitative estimate of drug-likeness (QED) is 0.888. The van der Waals surface area contributed by atoms with Crippen molar-refractivity contribution in [3.05, 3.63) is 53.3 Å². The highest BCUT2D eigenvalue weighted by Crippen LogP contribution is 2.16. The summed E-state index contributed by atoms with van der Waals surface area (Å²) in [5, 5.41) is 3.21. The molecule has 0 aliphatic rings. The van der Waals surface area contributed by atoms with E-state index >= 15 is 0 Å². The average molecular weight is 308 g/mol. The fraction of sp³-hybridized carbons (Fsp3) is 0.333. The highest BCUT2D eigenvalue weighted by Gasteiger charge is 2.21. The first-order chi connectivity index (χ1) is 9.89. The van der Waals surface area contributed by atoms with Crippen LogP contribution in [0.3, 0.4) is 0 Å². The van der Waals surface area contributed by atoms with E-state index in [2.05, 4.69) is 24.4 Å². The molecule has 1 aromatic heterocycles. The van der Waals surface area contributed by atoms with Gasteiger partial charge in [0.1, 0.15) is 5.76 Å². The van der Waals surface area contributed by atoms with Crippen molar-refractivity contribution in [2.24, 2.45) is 0 Å². The van der Waals surface area contributed by atoms with Gasteiger partial charge in [0.25, 0.3) is 10.0 Å². The number of nitrogens with one attached hydrogen (secondary N) is 1. The van der Waals surface area contributed by atoms with E-state index in [0.29, 0.717) is 18.8 Å². The fourth-order valence-electron chi connectivity index (χ4n) is 1.92. The molecule has 0 aliphatic heterocycles. The molecule has 0 radical (unpaired) electrons. The maximum absolute atomic E-state index is 11.9. The van der Waals surface area contributed by atoms with Gasteiger partial charge < -0.3 is 9.73 Å². The predicted octanol–water partition coefficient (Wildman–Crippen LogP) is 2.13. The predicted molar refractivity (Wildman–Crippen MR) is 81.3 cm³/mol. The summed E-state index contributed by atoms with van der Waals surface area (Å²) >= 11 is 0. The summed E-state index contributed by atoms with van der Waals surface area (Å²) in [7, 11) is -0.541. The maximum Gasteiger partial charge on any atom is 0.275 e. The summed E-state index contributed by atoms with van der Waals surface area (Å²) in [5.74, 6) is 0.600. The SMILES string of the molecule is Cc1cccc(CNCc2ccc(S(=O)(=O)N(C)C)o2)c1. The standard InChI is InChI=1S/C15H20N2O3S/c1-12-5-4-6-13(9-12)10-16-11-14-7-8-15(20-14)21(18,19)17(2)3/h4-9,16H,10-11H2,1-3H3. The van der Waals surface area contributed by atoms with E-state index in [-0.39, 0.29) is 5.09 Å². The second-order valence-electron chi connectivity index (χ2n) is 5.10. The van der Waals surface area contributed by atoms with Gasteiger partial charge in [0.15, 0.2) is 0 Å². The van der Waals surface area contributed by atoms with E-state index < -0.39 is 10.0 Å². The lowest BCUT2D eigenvalue weighted by Crippen LogP contribution is -2.21. The van der Waals surface area contributed by atoms with Gasteiger partial charge in [-0.25, -0.2) is 12.7 Å². The van der Waals surface area contributed by atoms with E-state index in [9.17, 15) is 8.42 Å². The first-order valence-corrected chi connectivity index (χ1v) is 8.11. The number of hydrogen-bond acceptors (Lipinski definition) is 4. The van der Waals surface area contributed by atoms with Crippen LogP contribution < -0.4 is 5.32 Å². The average Bonchev–Trinajstić information content (AvgIpc) is 2.88. The number of sulfonamides is 1. The normalized spacial score (nSPS) is 12.0. The van der Waals surface area contributed by atoms with Crippen LogP contribution >= 0.6 is 0 Å². The number of nitrogens with zero attached hydrogens (tertiary/aromatic N) is 1. The minimum absolute atomic E-state index is 0.0279. The van der Waals surface area contributed by atoms with Gasteiger partial charge >= 0.3 is 0 Å². The number of hydrogen-bond donors (Lipinski definition) is 1. The van der Waals surface area contributed by atoms with Crippen molar-refractivity contribution in [3.63, 3.8) is 0 Å². The van der Waals surface area contributed by atoms with Gasteiger partial charge in [-0.2, -0.15) is 0 Å². The van der Waals surface area contributed by atoms with Crippen molar-refractivity contribution < 1.29 is 12.8 Å². The molecule has 0 unspecified atom stereocenters. The third kappa shape index (κ3) is 3.93. The Bertz CT molecular complexity index is 705. The number of rotatable bonds is 6. The van der Waals surface area contributed by atoms with Crippen LogP contribution in [-0.4, -0.2) is 26.8 Å². The van der Waals surface area contributed by atoms with E-state index in [4.69, 9.17) is 4.42 Å². The maximum atomic E-state index is 11.9. The van der Waals surface area contributed by atoms with Crippen molar-refractivity contribution >= 4 is 10.0 Å². The van der Waals surface area contributed by atoms with Crippen molar-refractivity contribution in [2.75, 3.05) is 14.1 Å². The molecule has 114 valence electrons. The third-order valence-corrected chi connectivity index (χ3v) is 4.77. The van der Waals surface area contributed by atoms with Gasteiger partial charge in [-0.3, -0.25) is 0 Å². The van der Waals surface area contributed by atoms with Crippen LogP contribution in [0.25, 0.3) is 0 Å². The van der Waals surface area contributed by atoms with Crippen LogP contribution in [-0.2, 0) is 23.1 Å². The van der Waals surface area contributed by atoms with Crippen molar-refractivity contribution in [3.8, 4) is 0 Å². The van der Waals surface area contributed by atoms with Crippen molar-refractivity contribution in [2.45, 2.75) is 25.1 Å². The Balaban J connectivity index is 1.95. The summed E-state index contributed by atoms with van der Waals surface area (Å²) in [4.78, 5) is 0.